The second-order valence-corrected chi connectivity index (χ2v) is 4.69. The van der Waals surface area contributed by atoms with Crippen LogP contribution in [0.5, 0.6) is 0 Å². The summed E-state index contributed by atoms with van der Waals surface area (Å²) in [7, 11) is 1.71. The number of hydrogen-bond donors (Lipinski definition) is 2. The summed E-state index contributed by atoms with van der Waals surface area (Å²) in [5.41, 5.74) is 6.82. The summed E-state index contributed by atoms with van der Waals surface area (Å²) in [6.07, 6.45) is 1.87. The van der Waals surface area contributed by atoms with E-state index in [1.54, 1.807) is 7.11 Å². The summed E-state index contributed by atoms with van der Waals surface area (Å²) in [5, 5.41) is 3.33. The van der Waals surface area contributed by atoms with E-state index in [-0.39, 0.29) is 0 Å². The number of ether oxygens (including phenoxy) is 1. The van der Waals surface area contributed by atoms with Gasteiger partial charge in [-0.25, -0.2) is 9.97 Å². The van der Waals surface area contributed by atoms with Crippen LogP contribution < -0.4 is 11.1 Å². The van der Waals surface area contributed by atoms with Crippen LogP contribution in [0, 0.1) is 12.8 Å². The quantitative estimate of drug-likeness (QED) is 0.776. The molecule has 3 N–H and O–H groups in total. The molecule has 0 saturated carbocycles. The molecule has 0 aliphatic heterocycles. The molecular formula is C13H24N4O. The number of hydrogen-bond acceptors (Lipinski definition) is 5. The topological polar surface area (TPSA) is 73.1 Å². The lowest BCUT2D eigenvalue weighted by Crippen LogP contribution is -2.18. The standard InChI is InChI=1S/C13H24N4O/c1-5-6-11-16-12(14)10(3)13(17-11)15-7-9(2)8-18-4/h9H,5-8H2,1-4H3,(H3,14,15,16,17). The van der Waals surface area contributed by atoms with Crippen LogP contribution in [0.25, 0.3) is 0 Å². The van der Waals surface area contributed by atoms with Gasteiger partial charge in [-0.3, -0.25) is 0 Å². The number of nitrogens with zero attached hydrogens (tertiary/aromatic N) is 2. The first-order valence-electron chi connectivity index (χ1n) is 6.44. The van der Waals surface area contributed by atoms with Crippen LogP contribution in [0.1, 0.15) is 31.7 Å². The normalized spacial score (nSPS) is 12.4. The van der Waals surface area contributed by atoms with Gasteiger partial charge in [0.05, 0.1) is 6.61 Å². The Morgan fingerprint density at radius 3 is 2.72 bits per heavy atom. The highest BCUT2D eigenvalue weighted by molar-refractivity contribution is 5.54. The average molecular weight is 252 g/mol. The fourth-order valence-electron chi connectivity index (χ4n) is 1.70. The molecular weight excluding hydrogens is 228 g/mol. The molecule has 0 radical (unpaired) electrons. The van der Waals surface area contributed by atoms with Gasteiger partial charge in [-0.1, -0.05) is 13.8 Å². The van der Waals surface area contributed by atoms with E-state index in [1.165, 1.54) is 0 Å². The zero-order valence-electron chi connectivity index (χ0n) is 11.8. The lowest BCUT2D eigenvalue weighted by molar-refractivity contribution is 0.164. The summed E-state index contributed by atoms with van der Waals surface area (Å²) < 4.78 is 5.11. The van der Waals surface area contributed by atoms with Gasteiger partial charge in [0, 0.05) is 25.6 Å². The lowest BCUT2D eigenvalue weighted by Gasteiger charge is -2.15. The Kier molecular flexibility index (Phi) is 5.85. The predicted octanol–water partition coefficient (Wildman–Crippen LogP) is 2.01. The molecule has 102 valence electrons. The van der Waals surface area contributed by atoms with Crippen LogP contribution in [-0.4, -0.2) is 30.2 Å². The zero-order chi connectivity index (χ0) is 13.5. The Morgan fingerprint density at radius 2 is 2.11 bits per heavy atom. The Balaban J connectivity index is 2.74. The SMILES string of the molecule is CCCc1nc(N)c(C)c(NCC(C)COC)n1. The van der Waals surface area contributed by atoms with E-state index in [2.05, 4.69) is 29.1 Å². The average Bonchev–Trinajstić information content (AvgIpc) is 2.32. The number of rotatable bonds is 7. The van der Waals surface area contributed by atoms with Gasteiger partial charge < -0.3 is 15.8 Å². The van der Waals surface area contributed by atoms with Crippen molar-refractivity contribution in [2.75, 3.05) is 31.3 Å². The van der Waals surface area contributed by atoms with Crippen molar-refractivity contribution in [3.05, 3.63) is 11.4 Å². The monoisotopic (exact) mass is 252 g/mol. The van der Waals surface area contributed by atoms with E-state index >= 15 is 0 Å². The Hall–Kier alpha value is -1.36. The molecule has 0 bridgehead atoms. The minimum atomic E-state index is 0.431. The molecule has 0 fully saturated rings. The van der Waals surface area contributed by atoms with Gasteiger partial charge in [-0.15, -0.1) is 0 Å². The Morgan fingerprint density at radius 1 is 1.39 bits per heavy atom. The van der Waals surface area contributed by atoms with Gasteiger partial charge in [-0.2, -0.15) is 0 Å². The highest BCUT2D eigenvalue weighted by Crippen LogP contribution is 2.18. The number of nitrogens with two attached hydrogens (primary N) is 1. The van der Waals surface area contributed by atoms with E-state index in [1.807, 2.05) is 6.92 Å². The zero-order valence-corrected chi connectivity index (χ0v) is 11.8. The van der Waals surface area contributed by atoms with Gasteiger partial charge in [-0.05, 0) is 19.3 Å². The summed E-state index contributed by atoms with van der Waals surface area (Å²) in [4.78, 5) is 8.80. The first-order valence-corrected chi connectivity index (χ1v) is 6.44. The molecule has 5 nitrogen and oxygen atoms in total. The number of nitrogens with one attached hydrogen (secondary N) is 1. The molecule has 1 unspecified atom stereocenters. The number of aryl methyl sites for hydroxylation is 1. The largest absolute Gasteiger partial charge is 0.384 e. The third kappa shape index (κ3) is 4.14. The van der Waals surface area contributed by atoms with Crippen molar-refractivity contribution < 1.29 is 4.74 Å². The molecule has 1 aromatic rings. The van der Waals surface area contributed by atoms with Crippen LogP contribution in [-0.2, 0) is 11.2 Å². The van der Waals surface area contributed by atoms with Crippen molar-refractivity contribution in [3.63, 3.8) is 0 Å². The first kappa shape index (κ1) is 14.7. The molecule has 1 aromatic heterocycles. The molecule has 0 aliphatic rings. The Labute approximate surface area is 109 Å². The molecule has 1 heterocycles. The second-order valence-electron chi connectivity index (χ2n) is 4.69. The molecule has 0 saturated heterocycles. The third-order valence-electron chi connectivity index (χ3n) is 2.77. The molecule has 0 aromatic carbocycles. The van der Waals surface area contributed by atoms with Crippen molar-refractivity contribution in [2.45, 2.75) is 33.6 Å². The molecule has 0 amide bonds. The summed E-state index contributed by atoms with van der Waals surface area (Å²) >= 11 is 0. The maximum atomic E-state index is 5.90. The van der Waals surface area contributed by atoms with Gasteiger partial charge in [0.2, 0.25) is 0 Å². The van der Waals surface area contributed by atoms with Crippen molar-refractivity contribution >= 4 is 11.6 Å². The fraction of sp³-hybridized carbons (Fsp3) is 0.692. The van der Waals surface area contributed by atoms with Crippen LogP contribution in [0.2, 0.25) is 0 Å². The fourth-order valence-corrected chi connectivity index (χ4v) is 1.70. The van der Waals surface area contributed by atoms with E-state index in [0.717, 1.165) is 43.2 Å². The van der Waals surface area contributed by atoms with Crippen LogP contribution >= 0.6 is 0 Å². The van der Waals surface area contributed by atoms with Gasteiger partial charge in [0.25, 0.3) is 0 Å². The van der Waals surface area contributed by atoms with E-state index < -0.39 is 0 Å². The van der Waals surface area contributed by atoms with Crippen molar-refractivity contribution in [1.82, 2.24) is 9.97 Å². The number of nitrogen functional groups attached to an aromatic ring is 1. The minimum absolute atomic E-state index is 0.431. The maximum Gasteiger partial charge on any atom is 0.134 e. The highest BCUT2D eigenvalue weighted by atomic mass is 16.5. The molecule has 0 spiro atoms. The summed E-state index contributed by atoms with van der Waals surface area (Å²) in [6.45, 7) is 7.72. The molecule has 1 atom stereocenters. The predicted molar refractivity (Wildman–Crippen MR) is 74.7 cm³/mol. The van der Waals surface area contributed by atoms with E-state index in [0.29, 0.717) is 11.7 Å². The summed E-state index contributed by atoms with van der Waals surface area (Å²) in [6, 6.07) is 0. The van der Waals surface area contributed by atoms with Crippen molar-refractivity contribution in [1.29, 1.82) is 0 Å². The van der Waals surface area contributed by atoms with Gasteiger partial charge in [0.15, 0.2) is 0 Å². The second kappa shape index (κ2) is 7.16. The molecule has 18 heavy (non-hydrogen) atoms. The van der Waals surface area contributed by atoms with Crippen LogP contribution in [0.15, 0.2) is 0 Å². The number of aromatic nitrogens is 2. The summed E-state index contributed by atoms with van der Waals surface area (Å²) in [5.74, 6) is 2.65. The van der Waals surface area contributed by atoms with E-state index in [4.69, 9.17) is 10.5 Å². The highest BCUT2D eigenvalue weighted by Gasteiger charge is 2.09. The van der Waals surface area contributed by atoms with E-state index in [9.17, 15) is 0 Å². The maximum absolute atomic E-state index is 5.90. The Bertz CT molecular complexity index is 381. The number of methoxy groups -OCH3 is 1. The third-order valence-corrected chi connectivity index (χ3v) is 2.77. The first-order chi connectivity index (χ1) is 8.58. The molecule has 5 heteroatoms. The van der Waals surface area contributed by atoms with Crippen molar-refractivity contribution in [2.24, 2.45) is 5.92 Å². The lowest BCUT2D eigenvalue weighted by atomic mass is 10.2. The smallest absolute Gasteiger partial charge is 0.134 e. The number of anilines is 2. The minimum Gasteiger partial charge on any atom is -0.384 e. The van der Waals surface area contributed by atoms with Crippen molar-refractivity contribution in [3.8, 4) is 0 Å². The molecule has 0 aliphatic carbocycles. The van der Waals surface area contributed by atoms with Crippen LogP contribution in [0.3, 0.4) is 0 Å². The van der Waals surface area contributed by atoms with Crippen LogP contribution in [0.4, 0.5) is 11.6 Å². The molecule has 1 rings (SSSR count). The van der Waals surface area contributed by atoms with Gasteiger partial charge in [0.1, 0.15) is 17.5 Å². The van der Waals surface area contributed by atoms with Gasteiger partial charge >= 0.3 is 0 Å².